The van der Waals surface area contributed by atoms with Gasteiger partial charge in [0.1, 0.15) is 5.60 Å². The molecule has 0 saturated heterocycles. The molecule has 3 N–H and O–H groups in total. The van der Waals surface area contributed by atoms with Crippen LogP contribution in [0.15, 0.2) is 29.2 Å². The molecule has 150 valence electrons. The zero-order chi connectivity index (χ0) is 20.1. The lowest BCUT2D eigenvalue weighted by atomic mass is 10.2. The number of sulfonamides is 1. The van der Waals surface area contributed by atoms with Gasteiger partial charge in [-0.05, 0) is 57.7 Å². The summed E-state index contributed by atoms with van der Waals surface area (Å²) in [5.41, 5.74) is -0.353. The molecule has 0 spiro atoms. The van der Waals surface area contributed by atoms with Crippen LogP contribution < -0.4 is 15.4 Å². The van der Waals surface area contributed by atoms with Crippen LogP contribution >= 0.6 is 0 Å². The van der Waals surface area contributed by atoms with E-state index in [9.17, 15) is 18.0 Å². The fourth-order valence-electron chi connectivity index (χ4n) is 2.19. The first-order chi connectivity index (χ1) is 12.6. The Hall–Kier alpha value is -2.13. The smallest absolute Gasteiger partial charge is 0.407 e. The number of nitrogens with one attached hydrogen (secondary N) is 3. The molecule has 0 aliphatic heterocycles. The quantitative estimate of drug-likeness (QED) is 0.577. The fraction of sp³-hybridized carbons (Fsp3) is 0.556. The minimum absolute atomic E-state index is 0.0580. The van der Waals surface area contributed by atoms with Crippen LogP contribution in [-0.2, 0) is 14.8 Å². The van der Waals surface area contributed by atoms with Crippen LogP contribution in [0.3, 0.4) is 0 Å². The van der Waals surface area contributed by atoms with Crippen molar-refractivity contribution in [2.75, 3.05) is 19.6 Å². The van der Waals surface area contributed by atoms with Gasteiger partial charge in [-0.2, -0.15) is 0 Å². The number of carbonyl (C=O) groups is 2. The van der Waals surface area contributed by atoms with Crippen LogP contribution in [0.5, 0.6) is 0 Å². The summed E-state index contributed by atoms with van der Waals surface area (Å²) in [5, 5.41) is 5.16. The largest absolute Gasteiger partial charge is 0.444 e. The van der Waals surface area contributed by atoms with Gasteiger partial charge in [0.15, 0.2) is 0 Å². The van der Waals surface area contributed by atoms with E-state index >= 15 is 0 Å². The summed E-state index contributed by atoms with van der Waals surface area (Å²) in [6, 6.07) is 5.86. The van der Waals surface area contributed by atoms with E-state index in [1.54, 1.807) is 20.8 Å². The number of amides is 2. The summed E-state index contributed by atoms with van der Waals surface area (Å²) >= 11 is 0. The maximum absolute atomic E-state index is 12.3. The van der Waals surface area contributed by atoms with Crippen LogP contribution in [-0.4, -0.2) is 45.7 Å². The second-order valence-electron chi connectivity index (χ2n) is 7.51. The minimum Gasteiger partial charge on any atom is -0.444 e. The molecule has 1 aromatic carbocycles. The Morgan fingerprint density at radius 3 is 2.44 bits per heavy atom. The number of rotatable bonds is 8. The minimum atomic E-state index is -3.63. The zero-order valence-electron chi connectivity index (χ0n) is 15.9. The average molecular weight is 397 g/mol. The van der Waals surface area contributed by atoms with Crippen molar-refractivity contribution in [2.45, 2.75) is 44.1 Å². The van der Waals surface area contributed by atoms with Gasteiger partial charge in [0.2, 0.25) is 10.0 Å². The molecule has 1 saturated carbocycles. The van der Waals surface area contributed by atoms with Crippen molar-refractivity contribution >= 4 is 22.0 Å². The molecule has 0 aromatic heterocycles. The molecule has 1 fully saturated rings. The van der Waals surface area contributed by atoms with Crippen molar-refractivity contribution in [1.29, 1.82) is 0 Å². The SMILES string of the molecule is CC(C)(C)OC(=O)NCCNC(=O)c1cccc(S(=O)(=O)NCC2CC2)c1. The molecular formula is C18H27N3O5S. The van der Waals surface area contributed by atoms with Crippen molar-refractivity contribution in [3.05, 3.63) is 29.8 Å². The lowest BCUT2D eigenvalue weighted by Gasteiger charge is -2.19. The van der Waals surface area contributed by atoms with E-state index in [4.69, 9.17) is 4.74 Å². The van der Waals surface area contributed by atoms with Crippen molar-refractivity contribution in [2.24, 2.45) is 5.92 Å². The number of hydrogen-bond donors (Lipinski definition) is 3. The van der Waals surface area contributed by atoms with Gasteiger partial charge in [0, 0.05) is 25.2 Å². The van der Waals surface area contributed by atoms with Crippen LogP contribution in [0.1, 0.15) is 44.0 Å². The third-order valence-corrected chi connectivity index (χ3v) is 5.17. The Labute approximate surface area is 160 Å². The topological polar surface area (TPSA) is 114 Å². The van der Waals surface area contributed by atoms with Gasteiger partial charge in [-0.1, -0.05) is 6.07 Å². The molecule has 2 rings (SSSR count). The maximum atomic E-state index is 12.3. The Balaban J connectivity index is 1.83. The van der Waals surface area contributed by atoms with Gasteiger partial charge in [-0.3, -0.25) is 4.79 Å². The third-order valence-electron chi connectivity index (χ3n) is 3.74. The van der Waals surface area contributed by atoms with E-state index in [0.29, 0.717) is 12.5 Å². The molecule has 1 aromatic rings. The fourth-order valence-corrected chi connectivity index (χ4v) is 3.36. The second-order valence-corrected chi connectivity index (χ2v) is 9.27. The predicted octanol–water partition coefficient (Wildman–Crippen LogP) is 1.63. The first-order valence-corrected chi connectivity index (χ1v) is 10.4. The molecular weight excluding hydrogens is 370 g/mol. The molecule has 0 bridgehead atoms. The van der Waals surface area contributed by atoms with Gasteiger partial charge in [-0.25, -0.2) is 17.9 Å². The molecule has 0 radical (unpaired) electrons. The zero-order valence-corrected chi connectivity index (χ0v) is 16.7. The Morgan fingerprint density at radius 2 is 1.81 bits per heavy atom. The summed E-state index contributed by atoms with van der Waals surface area (Å²) in [5.74, 6) is 0.00367. The highest BCUT2D eigenvalue weighted by Crippen LogP contribution is 2.28. The first-order valence-electron chi connectivity index (χ1n) is 8.91. The molecule has 27 heavy (non-hydrogen) atoms. The van der Waals surface area contributed by atoms with E-state index in [-0.39, 0.29) is 23.5 Å². The maximum Gasteiger partial charge on any atom is 0.407 e. The van der Waals surface area contributed by atoms with Crippen molar-refractivity contribution in [1.82, 2.24) is 15.4 Å². The molecule has 0 atom stereocenters. The standard InChI is InChI=1S/C18H27N3O5S/c1-18(2,3)26-17(23)20-10-9-19-16(22)14-5-4-6-15(11-14)27(24,25)21-12-13-7-8-13/h4-6,11,13,21H,7-10,12H2,1-3H3,(H,19,22)(H,20,23). The summed E-state index contributed by atoms with van der Waals surface area (Å²) in [6.45, 7) is 6.09. The van der Waals surface area contributed by atoms with E-state index < -0.39 is 27.6 Å². The molecule has 0 heterocycles. The van der Waals surface area contributed by atoms with Crippen LogP contribution in [0.2, 0.25) is 0 Å². The average Bonchev–Trinajstić information content (AvgIpc) is 3.40. The summed E-state index contributed by atoms with van der Waals surface area (Å²) in [7, 11) is -3.63. The number of benzene rings is 1. The molecule has 2 amide bonds. The second kappa shape index (κ2) is 8.71. The van der Waals surface area contributed by atoms with E-state index in [2.05, 4.69) is 15.4 Å². The normalized spacial score (nSPS) is 14.5. The Bertz CT molecular complexity index is 782. The van der Waals surface area contributed by atoms with E-state index in [1.165, 1.54) is 24.3 Å². The first kappa shape index (κ1) is 21.2. The van der Waals surface area contributed by atoms with Crippen molar-refractivity contribution in [3.8, 4) is 0 Å². The van der Waals surface area contributed by atoms with Gasteiger partial charge in [0.05, 0.1) is 4.90 Å². The molecule has 0 unspecified atom stereocenters. The molecule has 8 nitrogen and oxygen atoms in total. The number of alkyl carbamates (subject to hydrolysis) is 1. The monoisotopic (exact) mass is 397 g/mol. The number of carbonyl (C=O) groups excluding carboxylic acids is 2. The predicted molar refractivity (Wildman–Crippen MR) is 101 cm³/mol. The lowest BCUT2D eigenvalue weighted by Crippen LogP contribution is -2.37. The Morgan fingerprint density at radius 1 is 1.15 bits per heavy atom. The van der Waals surface area contributed by atoms with Gasteiger partial charge in [0.25, 0.3) is 5.91 Å². The van der Waals surface area contributed by atoms with Crippen LogP contribution in [0.4, 0.5) is 4.79 Å². The summed E-state index contributed by atoms with van der Waals surface area (Å²) in [4.78, 5) is 23.8. The highest BCUT2D eigenvalue weighted by molar-refractivity contribution is 7.89. The third kappa shape index (κ3) is 7.56. The highest BCUT2D eigenvalue weighted by Gasteiger charge is 2.24. The summed E-state index contributed by atoms with van der Waals surface area (Å²) < 4.78 is 32.2. The van der Waals surface area contributed by atoms with E-state index in [1.807, 2.05) is 0 Å². The molecule has 1 aliphatic carbocycles. The van der Waals surface area contributed by atoms with Crippen LogP contribution in [0, 0.1) is 5.92 Å². The van der Waals surface area contributed by atoms with Gasteiger partial charge in [-0.15, -0.1) is 0 Å². The van der Waals surface area contributed by atoms with Crippen molar-refractivity contribution < 1.29 is 22.7 Å². The Kier molecular flexibility index (Phi) is 6.83. The number of ether oxygens (including phenoxy) is 1. The van der Waals surface area contributed by atoms with Gasteiger partial charge < -0.3 is 15.4 Å². The van der Waals surface area contributed by atoms with Gasteiger partial charge >= 0.3 is 6.09 Å². The lowest BCUT2D eigenvalue weighted by molar-refractivity contribution is 0.0526. The summed E-state index contributed by atoms with van der Waals surface area (Å²) in [6.07, 6.45) is 1.52. The van der Waals surface area contributed by atoms with Crippen molar-refractivity contribution in [3.63, 3.8) is 0 Å². The highest BCUT2D eigenvalue weighted by atomic mass is 32.2. The van der Waals surface area contributed by atoms with Crippen LogP contribution in [0.25, 0.3) is 0 Å². The number of hydrogen-bond acceptors (Lipinski definition) is 5. The molecule has 1 aliphatic rings. The molecule has 9 heteroatoms. The van der Waals surface area contributed by atoms with E-state index in [0.717, 1.165) is 12.8 Å².